The van der Waals surface area contributed by atoms with E-state index in [1.807, 2.05) is 13.0 Å². The van der Waals surface area contributed by atoms with Gasteiger partial charge in [0.15, 0.2) is 5.78 Å². The summed E-state index contributed by atoms with van der Waals surface area (Å²) in [5.41, 5.74) is 2.53. The van der Waals surface area contributed by atoms with E-state index in [9.17, 15) is 9.59 Å². The monoisotopic (exact) mass is 218 g/mol. The van der Waals surface area contributed by atoms with E-state index in [4.69, 9.17) is 5.11 Å². The molecule has 2 rings (SSSR count). The second-order valence-electron chi connectivity index (χ2n) is 4.12. The molecule has 0 radical (unpaired) electrons. The SMILES string of the molecule is CCC(=O)c1ccc2c(c1)C(C(=O)O)CC2. The van der Waals surface area contributed by atoms with Crippen molar-refractivity contribution in [2.45, 2.75) is 32.1 Å². The minimum atomic E-state index is -0.792. The first kappa shape index (κ1) is 10.9. The summed E-state index contributed by atoms with van der Waals surface area (Å²) in [5.74, 6) is -1.15. The first-order chi connectivity index (χ1) is 7.63. The smallest absolute Gasteiger partial charge is 0.310 e. The van der Waals surface area contributed by atoms with E-state index >= 15 is 0 Å². The zero-order chi connectivity index (χ0) is 11.7. The predicted octanol–water partition coefficient (Wildman–Crippen LogP) is 2.39. The van der Waals surface area contributed by atoms with Crippen LogP contribution < -0.4 is 0 Å². The maximum atomic E-state index is 11.5. The Bertz CT molecular complexity index is 448. The lowest BCUT2D eigenvalue weighted by atomic mass is 9.97. The molecule has 3 nitrogen and oxygen atoms in total. The van der Waals surface area contributed by atoms with Crippen molar-refractivity contribution in [1.82, 2.24) is 0 Å². The maximum Gasteiger partial charge on any atom is 0.310 e. The van der Waals surface area contributed by atoms with Gasteiger partial charge in [0.1, 0.15) is 0 Å². The highest BCUT2D eigenvalue weighted by atomic mass is 16.4. The molecule has 1 atom stereocenters. The number of benzene rings is 1. The summed E-state index contributed by atoms with van der Waals surface area (Å²) in [6, 6.07) is 5.45. The van der Waals surface area contributed by atoms with Crippen LogP contribution in [-0.2, 0) is 11.2 Å². The van der Waals surface area contributed by atoms with Gasteiger partial charge >= 0.3 is 5.97 Å². The van der Waals surface area contributed by atoms with Crippen LogP contribution in [0.4, 0.5) is 0 Å². The molecule has 0 saturated carbocycles. The van der Waals surface area contributed by atoms with Crippen LogP contribution in [0.15, 0.2) is 18.2 Å². The largest absolute Gasteiger partial charge is 0.481 e. The molecule has 0 bridgehead atoms. The number of carbonyl (C=O) groups excluding carboxylic acids is 1. The third-order valence-corrected chi connectivity index (χ3v) is 3.16. The van der Waals surface area contributed by atoms with Crippen LogP contribution in [0.5, 0.6) is 0 Å². The summed E-state index contributed by atoms with van der Waals surface area (Å²) in [6.45, 7) is 1.81. The molecule has 84 valence electrons. The van der Waals surface area contributed by atoms with Gasteiger partial charge in [-0.1, -0.05) is 19.1 Å². The number of aryl methyl sites for hydroxylation is 1. The molecule has 1 unspecified atom stereocenters. The molecule has 0 aliphatic heterocycles. The van der Waals surface area contributed by atoms with E-state index in [0.29, 0.717) is 18.4 Å². The zero-order valence-electron chi connectivity index (χ0n) is 9.19. The summed E-state index contributed by atoms with van der Waals surface area (Å²) >= 11 is 0. The highest BCUT2D eigenvalue weighted by Gasteiger charge is 2.28. The normalized spacial score (nSPS) is 18.2. The molecule has 3 heteroatoms. The Morgan fingerprint density at radius 1 is 1.44 bits per heavy atom. The zero-order valence-corrected chi connectivity index (χ0v) is 9.19. The quantitative estimate of drug-likeness (QED) is 0.792. The molecule has 0 fully saturated rings. The second-order valence-corrected chi connectivity index (χ2v) is 4.12. The van der Waals surface area contributed by atoms with Crippen molar-refractivity contribution in [3.8, 4) is 0 Å². The van der Waals surface area contributed by atoms with Crippen LogP contribution in [0.25, 0.3) is 0 Å². The van der Waals surface area contributed by atoms with Crippen molar-refractivity contribution in [3.63, 3.8) is 0 Å². The fourth-order valence-corrected chi connectivity index (χ4v) is 2.24. The van der Waals surface area contributed by atoms with E-state index in [1.54, 1.807) is 12.1 Å². The van der Waals surface area contributed by atoms with Gasteiger partial charge in [0.05, 0.1) is 5.92 Å². The number of hydrogen-bond donors (Lipinski definition) is 1. The van der Waals surface area contributed by atoms with Crippen molar-refractivity contribution in [2.75, 3.05) is 0 Å². The number of Topliss-reactive ketones (excluding diaryl/α,β-unsaturated/α-hetero) is 1. The number of ketones is 1. The number of aliphatic carboxylic acids is 1. The van der Waals surface area contributed by atoms with Gasteiger partial charge in [-0.2, -0.15) is 0 Å². The molecule has 0 aromatic heterocycles. The number of rotatable bonds is 3. The van der Waals surface area contributed by atoms with E-state index in [0.717, 1.165) is 17.5 Å². The van der Waals surface area contributed by atoms with Gasteiger partial charge in [0.25, 0.3) is 0 Å². The van der Waals surface area contributed by atoms with E-state index in [1.165, 1.54) is 0 Å². The molecule has 0 heterocycles. The molecule has 1 aliphatic rings. The summed E-state index contributed by atoms with van der Waals surface area (Å²) in [7, 11) is 0. The highest BCUT2D eigenvalue weighted by Crippen LogP contribution is 2.34. The Balaban J connectivity index is 2.41. The van der Waals surface area contributed by atoms with Crippen LogP contribution in [-0.4, -0.2) is 16.9 Å². The Morgan fingerprint density at radius 2 is 2.19 bits per heavy atom. The fourth-order valence-electron chi connectivity index (χ4n) is 2.24. The van der Waals surface area contributed by atoms with Gasteiger partial charge < -0.3 is 5.11 Å². The molecular formula is C13H14O3. The summed E-state index contributed by atoms with van der Waals surface area (Å²) in [4.78, 5) is 22.6. The Hall–Kier alpha value is -1.64. The third-order valence-electron chi connectivity index (χ3n) is 3.16. The van der Waals surface area contributed by atoms with E-state index in [2.05, 4.69) is 0 Å². The van der Waals surface area contributed by atoms with Crippen molar-refractivity contribution >= 4 is 11.8 Å². The van der Waals surface area contributed by atoms with Crippen LogP contribution in [0, 0.1) is 0 Å². The van der Waals surface area contributed by atoms with Crippen molar-refractivity contribution in [1.29, 1.82) is 0 Å². The molecule has 0 amide bonds. The standard InChI is InChI=1S/C13H14O3/c1-2-12(14)9-4-3-8-5-6-10(13(15)16)11(8)7-9/h3-4,7,10H,2,5-6H2,1H3,(H,15,16). The number of carboxylic acid groups (broad SMARTS) is 1. The van der Waals surface area contributed by atoms with Gasteiger partial charge in [-0.3, -0.25) is 9.59 Å². The van der Waals surface area contributed by atoms with Crippen LogP contribution in [0.1, 0.15) is 47.2 Å². The lowest BCUT2D eigenvalue weighted by Crippen LogP contribution is -2.08. The van der Waals surface area contributed by atoms with Gasteiger partial charge in [0, 0.05) is 12.0 Å². The first-order valence-electron chi connectivity index (χ1n) is 5.52. The predicted molar refractivity (Wildman–Crippen MR) is 59.8 cm³/mol. The highest BCUT2D eigenvalue weighted by molar-refractivity contribution is 5.96. The maximum absolute atomic E-state index is 11.5. The lowest BCUT2D eigenvalue weighted by molar-refractivity contribution is -0.138. The molecule has 1 aliphatic carbocycles. The Morgan fingerprint density at radius 3 is 2.81 bits per heavy atom. The van der Waals surface area contributed by atoms with E-state index < -0.39 is 11.9 Å². The second kappa shape index (κ2) is 4.08. The molecule has 16 heavy (non-hydrogen) atoms. The molecule has 0 saturated heterocycles. The molecule has 1 N–H and O–H groups in total. The third kappa shape index (κ3) is 1.73. The van der Waals surface area contributed by atoms with Crippen LogP contribution in [0.2, 0.25) is 0 Å². The van der Waals surface area contributed by atoms with Gasteiger partial charge in [0.2, 0.25) is 0 Å². The van der Waals surface area contributed by atoms with Crippen molar-refractivity contribution in [2.24, 2.45) is 0 Å². The number of carboxylic acids is 1. The van der Waals surface area contributed by atoms with Crippen molar-refractivity contribution < 1.29 is 14.7 Å². The molecule has 1 aromatic carbocycles. The summed E-state index contributed by atoms with van der Waals surface area (Å²) in [5, 5.41) is 9.06. The van der Waals surface area contributed by atoms with E-state index in [-0.39, 0.29) is 5.78 Å². The fraction of sp³-hybridized carbons (Fsp3) is 0.385. The Labute approximate surface area is 94.1 Å². The van der Waals surface area contributed by atoms with Gasteiger partial charge in [-0.05, 0) is 30.0 Å². The lowest BCUT2D eigenvalue weighted by Gasteiger charge is -2.07. The molecular weight excluding hydrogens is 204 g/mol. The number of hydrogen-bond acceptors (Lipinski definition) is 2. The van der Waals surface area contributed by atoms with Crippen molar-refractivity contribution in [3.05, 3.63) is 34.9 Å². The number of fused-ring (bicyclic) bond motifs is 1. The summed E-state index contributed by atoms with van der Waals surface area (Å²) in [6.07, 6.45) is 1.90. The molecule has 1 aromatic rings. The van der Waals surface area contributed by atoms with Gasteiger partial charge in [-0.25, -0.2) is 0 Å². The number of carbonyl (C=O) groups is 2. The topological polar surface area (TPSA) is 54.4 Å². The van der Waals surface area contributed by atoms with Crippen LogP contribution in [0.3, 0.4) is 0 Å². The molecule has 0 spiro atoms. The summed E-state index contributed by atoms with van der Waals surface area (Å²) < 4.78 is 0. The average molecular weight is 218 g/mol. The van der Waals surface area contributed by atoms with Crippen LogP contribution >= 0.6 is 0 Å². The minimum absolute atomic E-state index is 0.0684. The first-order valence-corrected chi connectivity index (χ1v) is 5.52. The minimum Gasteiger partial charge on any atom is -0.481 e. The average Bonchev–Trinajstić information content (AvgIpc) is 2.70. The Kier molecular flexibility index (Phi) is 2.77. The van der Waals surface area contributed by atoms with Gasteiger partial charge in [-0.15, -0.1) is 0 Å².